The van der Waals surface area contributed by atoms with Crippen LogP contribution in [-0.2, 0) is 11.2 Å². The summed E-state index contributed by atoms with van der Waals surface area (Å²) >= 11 is 0. The normalized spacial score (nSPS) is 10.2. The summed E-state index contributed by atoms with van der Waals surface area (Å²) in [5.41, 5.74) is 1.54. The summed E-state index contributed by atoms with van der Waals surface area (Å²) in [4.78, 5) is 10.6. The molecule has 0 aliphatic rings. The Kier molecular flexibility index (Phi) is 3.09. The van der Waals surface area contributed by atoms with E-state index in [1.807, 2.05) is 12.1 Å². The van der Waals surface area contributed by atoms with Crippen LogP contribution in [0.3, 0.4) is 0 Å². The number of carboxylic acid groups (broad SMARTS) is 1. The van der Waals surface area contributed by atoms with Gasteiger partial charge in [0.25, 0.3) is 0 Å². The number of carboxylic acids is 1. The van der Waals surface area contributed by atoms with Crippen molar-refractivity contribution in [2.75, 3.05) is 7.11 Å². The Labute approximate surface area is 97.6 Å². The van der Waals surface area contributed by atoms with Crippen LogP contribution < -0.4 is 4.74 Å². The Hall–Kier alpha value is -2.30. The van der Waals surface area contributed by atoms with Gasteiger partial charge in [-0.25, -0.2) is 0 Å². The summed E-state index contributed by atoms with van der Waals surface area (Å²) in [6.07, 6.45) is 1.33. The van der Waals surface area contributed by atoms with Gasteiger partial charge < -0.3 is 14.4 Å². The molecule has 0 atom stereocenters. The van der Waals surface area contributed by atoms with Gasteiger partial charge >= 0.3 is 5.97 Å². The molecule has 1 N–H and O–H groups in total. The van der Waals surface area contributed by atoms with Crippen molar-refractivity contribution in [2.24, 2.45) is 0 Å². The van der Waals surface area contributed by atoms with E-state index in [-0.39, 0.29) is 6.42 Å². The lowest BCUT2D eigenvalue weighted by Crippen LogP contribution is -1.99. The highest BCUT2D eigenvalue weighted by molar-refractivity contribution is 5.74. The summed E-state index contributed by atoms with van der Waals surface area (Å²) < 4.78 is 9.97. The number of benzene rings is 1. The van der Waals surface area contributed by atoms with Crippen LogP contribution in [0.4, 0.5) is 0 Å². The number of ether oxygens (including phenoxy) is 1. The van der Waals surface area contributed by atoms with Crippen LogP contribution in [0, 0.1) is 0 Å². The van der Waals surface area contributed by atoms with Crippen molar-refractivity contribution in [1.29, 1.82) is 0 Å². The number of aromatic nitrogens is 1. The van der Waals surface area contributed by atoms with Gasteiger partial charge in [0.2, 0.25) is 0 Å². The summed E-state index contributed by atoms with van der Waals surface area (Å²) in [5.74, 6) is 0.143. The summed E-state index contributed by atoms with van der Waals surface area (Å²) in [6.45, 7) is 0. The molecule has 0 aliphatic carbocycles. The molecule has 0 spiro atoms. The molecule has 5 nitrogen and oxygen atoms in total. The molecule has 1 aromatic heterocycles. The highest BCUT2D eigenvalue weighted by Crippen LogP contribution is 2.25. The van der Waals surface area contributed by atoms with Crippen molar-refractivity contribution in [1.82, 2.24) is 5.16 Å². The molecule has 2 rings (SSSR count). The Morgan fingerprint density at radius 2 is 2.12 bits per heavy atom. The number of carbonyl (C=O) groups is 1. The fraction of sp³-hybridized carbons (Fsp3) is 0.167. The fourth-order valence-electron chi connectivity index (χ4n) is 1.53. The lowest BCUT2D eigenvalue weighted by atomic mass is 10.1. The number of hydrogen-bond acceptors (Lipinski definition) is 4. The third-order valence-corrected chi connectivity index (χ3v) is 2.36. The standard InChI is InChI=1S/C12H11NO4/c1-16-9-4-2-8(3-5-9)10-7-13-17-11(10)6-12(14)15/h2-5,7H,6H2,1H3,(H,14,15). The molecule has 0 aliphatic heterocycles. The third-order valence-electron chi connectivity index (χ3n) is 2.36. The molecule has 2 aromatic rings. The molecule has 88 valence electrons. The zero-order chi connectivity index (χ0) is 12.3. The smallest absolute Gasteiger partial charge is 0.311 e. The van der Waals surface area contributed by atoms with Gasteiger partial charge in [-0.2, -0.15) is 0 Å². The minimum absolute atomic E-state index is 0.179. The quantitative estimate of drug-likeness (QED) is 0.874. The van der Waals surface area contributed by atoms with Gasteiger partial charge in [0.15, 0.2) is 5.76 Å². The van der Waals surface area contributed by atoms with Crippen LogP contribution in [-0.4, -0.2) is 23.3 Å². The topological polar surface area (TPSA) is 72.6 Å². The van der Waals surface area contributed by atoms with Crippen LogP contribution in [0.25, 0.3) is 11.1 Å². The maximum Gasteiger partial charge on any atom is 0.311 e. The molecule has 17 heavy (non-hydrogen) atoms. The van der Waals surface area contributed by atoms with Crippen molar-refractivity contribution >= 4 is 5.97 Å². The first-order valence-electron chi connectivity index (χ1n) is 5.00. The van der Waals surface area contributed by atoms with Gasteiger partial charge in [0, 0.05) is 5.56 Å². The van der Waals surface area contributed by atoms with Crippen molar-refractivity contribution < 1.29 is 19.2 Å². The molecule has 5 heteroatoms. The molecule has 0 radical (unpaired) electrons. The number of hydrogen-bond donors (Lipinski definition) is 1. The van der Waals surface area contributed by atoms with E-state index in [2.05, 4.69) is 5.16 Å². The Morgan fingerprint density at radius 3 is 2.71 bits per heavy atom. The number of aliphatic carboxylic acids is 1. The maximum atomic E-state index is 10.6. The van der Waals surface area contributed by atoms with Gasteiger partial charge in [0.05, 0.1) is 13.3 Å². The summed E-state index contributed by atoms with van der Waals surface area (Å²) in [7, 11) is 1.59. The van der Waals surface area contributed by atoms with Crippen LogP contribution in [0.5, 0.6) is 5.75 Å². The molecule has 0 saturated carbocycles. The molecule has 1 heterocycles. The lowest BCUT2D eigenvalue weighted by molar-refractivity contribution is -0.136. The van der Waals surface area contributed by atoms with Crippen molar-refractivity contribution in [3.63, 3.8) is 0 Å². The first-order chi connectivity index (χ1) is 8.20. The predicted octanol–water partition coefficient (Wildman–Crippen LogP) is 1.98. The van der Waals surface area contributed by atoms with Crippen LogP contribution in [0.15, 0.2) is 35.0 Å². The van der Waals surface area contributed by atoms with E-state index in [9.17, 15) is 4.79 Å². The second-order valence-corrected chi connectivity index (χ2v) is 3.46. The second-order valence-electron chi connectivity index (χ2n) is 3.46. The van der Waals surface area contributed by atoms with Crippen LogP contribution in [0.2, 0.25) is 0 Å². The van der Waals surface area contributed by atoms with Gasteiger partial charge in [-0.3, -0.25) is 4.79 Å². The van der Waals surface area contributed by atoms with E-state index in [1.165, 1.54) is 6.20 Å². The molecular formula is C12H11NO4. The minimum atomic E-state index is -0.948. The molecule has 0 fully saturated rings. The van der Waals surface area contributed by atoms with E-state index in [0.717, 1.165) is 11.3 Å². The van der Waals surface area contributed by atoms with Gasteiger partial charge in [0.1, 0.15) is 12.2 Å². The van der Waals surface area contributed by atoms with E-state index >= 15 is 0 Å². The molecular weight excluding hydrogens is 222 g/mol. The SMILES string of the molecule is COc1ccc(-c2cnoc2CC(=O)O)cc1. The van der Waals surface area contributed by atoms with Crippen molar-refractivity contribution in [3.05, 3.63) is 36.2 Å². The summed E-state index contributed by atoms with van der Waals surface area (Å²) in [6, 6.07) is 7.26. The first kappa shape index (κ1) is 11.2. The highest BCUT2D eigenvalue weighted by atomic mass is 16.5. The van der Waals surface area contributed by atoms with Crippen molar-refractivity contribution in [3.8, 4) is 16.9 Å². The Bertz CT molecular complexity index is 516. The molecule has 0 saturated heterocycles. The maximum absolute atomic E-state index is 10.6. The number of nitrogens with zero attached hydrogens (tertiary/aromatic N) is 1. The van der Waals surface area contributed by atoms with Crippen LogP contribution in [0.1, 0.15) is 5.76 Å². The molecule has 1 aromatic carbocycles. The number of methoxy groups -OCH3 is 1. The molecule has 0 bridgehead atoms. The zero-order valence-corrected chi connectivity index (χ0v) is 9.21. The first-order valence-corrected chi connectivity index (χ1v) is 5.00. The Balaban J connectivity index is 2.32. The third kappa shape index (κ3) is 2.44. The Morgan fingerprint density at radius 1 is 1.41 bits per heavy atom. The second kappa shape index (κ2) is 4.69. The monoisotopic (exact) mass is 233 g/mol. The van der Waals surface area contributed by atoms with Crippen LogP contribution >= 0.6 is 0 Å². The van der Waals surface area contributed by atoms with E-state index < -0.39 is 5.97 Å². The average Bonchev–Trinajstić information content (AvgIpc) is 2.76. The minimum Gasteiger partial charge on any atom is -0.497 e. The fourth-order valence-corrected chi connectivity index (χ4v) is 1.53. The zero-order valence-electron chi connectivity index (χ0n) is 9.21. The number of rotatable bonds is 4. The van der Waals surface area contributed by atoms with E-state index in [0.29, 0.717) is 11.3 Å². The van der Waals surface area contributed by atoms with Gasteiger partial charge in [-0.15, -0.1) is 0 Å². The molecule has 0 unspecified atom stereocenters. The van der Waals surface area contributed by atoms with Gasteiger partial charge in [-0.05, 0) is 17.7 Å². The molecule has 0 amide bonds. The average molecular weight is 233 g/mol. The van der Waals surface area contributed by atoms with Crippen molar-refractivity contribution in [2.45, 2.75) is 6.42 Å². The van der Waals surface area contributed by atoms with E-state index in [4.69, 9.17) is 14.4 Å². The predicted molar refractivity (Wildman–Crippen MR) is 59.8 cm³/mol. The lowest BCUT2D eigenvalue weighted by Gasteiger charge is -2.02. The van der Waals surface area contributed by atoms with Gasteiger partial charge in [-0.1, -0.05) is 17.3 Å². The summed E-state index contributed by atoms with van der Waals surface area (Å²) in [5, 5.41) is 12.4. The van der Waals surface area contributed by atoms with E-state index in [1.54, 1.807) is 19.2 Å². The largest absolute Gasteiger partial charge is 0.497 e. The highest BCUT2D eigenvalue weighted by Gasteiger charge is 2.13.